The van der Waals surface area contributed by atoms with Gasteiger partial charge in [0.15, 0.2) is 0 Å². The summed E-state index contributed by atoms with van der Waals surface area (Å²) in [5, 5.41) is 2.90. The number of para-hydroxylation sites is 1. The second-order valence-corrected chi connectivity index (χ2v) is 6.04. The van der Waals surface area contributed by atoms with Crippen LogP contribution in [-0.4, -0.2) is 24.4 Å². The van der Waals surface area contributed by atoms with Crippen LogP contribution in [0.5, 0.6) is 0 Å². The minimum Gasteiger partial charge on any atom is -0.469 e. The van der Waals surface area contributed by atoms with Crippen LogP contribution in [0.3, 0.4) is 0 Å². The summed E-state index contributed by atoms with van der Waals surface area (Å²) in [7, 11) is 0. The third-order valence-corrected chi connectivity index (χ3v) is 4.37. The highest BCUT2D eigenvalue weighted by Crippen LogP contribution is 2.28. The Morgan fingerprint density at radius 2 is 2.08 bits per heavy atom. The van der Waals surface area contributed by atoms with E-state index in [9.17, 15) is 9.59 Å². The first-order valence-corrected chi connectivity index (χ1v) is 8.37. The quantitative estimate of drug-likeness (QED) is 0.919. The first-order chi connectivity index (χ1) is 11.7. The Kier molecular flexibility index (Phi) is 4.99. The second-order valence-electron chi connectivity index (χ2n) is 6.04. The SMILES string of the molecule is CC(C(=O)NCCc1ccco1)N1C(=O)CCCc2ccccc21. The summed E-state index contributed by atoms with van der Waals surface area (Å²) >= 11 is 0. The lowest BCUT2D eigenvalue weighted by Gasteiger charge is -2.28. The van der Waals surface area contributed by atoms with Crippen LogP contribution in [0.15, 0.2) is 47.1 Å². The number of anilines is 1. The molecule has 24 heavy (non-hydrogen) atoms. The molecule has 5 nitrogen and oxygen atoms in total. The molecule has 126 valence electrons. The van der Waals surface area contributed by atoms with Crippen molar-refractivity contribution in [3.8, 4) is 0 Å². The van der Waals surface area contributed by atoms with Crippen LogP contribution in [0.2, 0.25) is 0 Å². The zero-order valence-electron chi connectivity index (χ0n) is 13.8. The number of benzene rings is 1. The molecule has 0 aliphatic carbocycles. The van der Waals surface area contributed by atoms with Crippen LogP contribution in [0, 0.1) is 0 Å². The number of carbonyl (C=O) groups excluding carboxylic acids is 2. The molecular weight excluding hydrogens is 304 g/mol. The van der Waals surface area contributed by atoms with Crippen molar-refractivity contribution >= 4 is 17.5 Å². The highest BCUT2D eigenvalue weighted by atomic mass is 16.3. The lowest BCUT2D eigenvalue weighted by molar-refractivity contribution is -0.126. The molecule has 1 atom stereocenters. The number of nitrogens with one attached hydrogen (secondary N) is 1. The fourth-order valence-electron chi connectivity index (χ4n) is 3.10. The van der Waals surface area contributed by atoms with Crippen molar-refractivity contribution in [3.63, 3.8) is 0 Å². The van der Waals surface area contributed by atoms with Crippen molar-refractivity contribution < 1.29 is 14.0 Å². The van der Waals surface area contributed by atoms with E-state index < -0.39 is 6.04 Å². The Balaban J connectivity index is 1.69. The van der Waals surface area contributed by atoms with Crippen molar-refractivity contribution in [3.05, 3.63) is 54.0 Å². The van der Waals surface area contributed by atoms with E-state index >= 15 is 0 Å². The van der Waals surface area contributed by atoms with Crippen LogP contribution in [0.1, 0.15) is 31.1 Å². The van der Waals surface area contributed by atoms with Crippen LogP contribution in [-0.2, 0) is 22.4 Å². The van der Waals surface area contributed by atoms with E-state index in [2.05, 4.69) is 5.32 Å². The topological polar surface area (TPSA) is 62.6 Å². The summed E-state index contributed by atoms with van der Waals surface area (Å²) in [4.78, 5) is 26.7. The van der Waals surface area contributed by atoms with Gasteiger partial charge in [-0.15, -0.1) is 0 Å². The maximum absolute atomic E-state index is 12.5. The van der Waals surface area contributed by atoms with Crippen molar-refractivity contribution in [1.82, 2.24) is 5.32 Å². The summed E-state index contributed by atoms with van der Waals surface area (Å²) in [5.41, 5.74) is 1.98. The van der Waals surface area contributed by atoms with E-state index in [-0.39, 0.29) is 11.8 Å². The molecule has 2 heterocycles. The summed E-state index contributed by atoms with van der Waals surface area (Å²) in [5.74, 6) is 0.694. The highest BCUT2D eigenvalue weighted by Gasteiger charge is 2.30. The number of rotatable bonds is 5. The number of amides is 2. The molecule has 1 aromatic heterocycles. The van der Waals surface area contributed by atoms with Gasteiger partial charge in [0.05, 0.1) is 6.26 Å². The summed E-state index contributed by atoms with van der Waals surface area (Å²) in [6.07, 6.45) is 4.41. The number of hydrogen-bond acceptors (Lipinski definition) is 3. The fourth-order valence-corrected chi connectivity index (χ4v) is 3.10. The van der Waals surface area contributed by atoms with Crippen molar-refractivity contribution in [2.45, 2.75) is 38.6 Å². The third-order valence-electron chi connectivity index (χ3n) is 4.37. The molecular formula is C19H22N2O3. The number of furan rings is 1. The smallest absolute Gasteiger partial charge is 0.242 e. The predicted octanol–water partition coefficient (Wildman–Crippen LogP) is 2.70. The Morgan fingerprint density at radius 3 is 2.88 bits per heavy atom. The number of carbonyl (C=O) groups is 2. The number of hydrogen-bond donors (Lipinski definition) is 1. The average molecular weight is 326 g/mol. The molecule has 1 N–H and O–H groups in total. The molecule has 0 fully saturated rings. The molecule has 2 amide bonds. The molecule has 3 rings (SSSR count). The molecule has 0 saturated heterocycles. The molecule has 0 saturated carbocycles. The largest absolute Gasteiger partial charge is 0.469 e. The molecule has 1 aliphatic heterocycles. The third kappa shape index (κ3) is 3.50. The van der Waals surface area contributed by atoms with Gasteiger partial charge in [-0.25, -0.2) is 0 Å². The van der Waals surface area contributed by atoms with Gasteiger partial charge in [-0.3, -0.25) is 14.5 Å². The van der Waals surface area contributed by atoms with E-state index in [1.54, 1.807) is 18.1 Å². The van der Waals surface area contributed by atoms with Gasteiger partial charge in [-0.2, -0.15) is 0 Å². The fraction of sp³-hybridized carbons (Fsp3) is 0.368. The number of fused-ring (bicyclic) bond motifs is 1. The monoisotopic (exact) mass is 326 g/mol. The molecule has 1 aromatic carbocycles. The standard InChI is InChI=1S/C19H22N2O3/c1-14(19(23)20-12-11-16-8-5-13-24-16)21-17-9-3-2-6-15(17)7-4-10-18(21)22/h2-3,5-6,8-9,13-14H,4,7,10-12H2,1H3,(H,20,23). The average Bonchev–Trinajstić information content (AvgIpc) is 3.03. The van der Waals surface area contributed by atoms with Crippen LogP contribution < -0.4 is 10.2 Å². The molecule has 5 heteroatoms. The van der Waals surface area contributed by atoms with Crippen molar-refractivity contribution in [2.75, 3.05) is 11.4 Å². The molecule has 0 radical (unpaired) electrons. The van der Waals surface area contributed by atoms with Gasteiger partial charge < -0.3 is 9.73 Å². The van der Waals surface area contributed by atoms with Gasteiger partial charge in [0.25, 0.3) is 0 Å². The van der Waals surface area contributed by atoms with E-state index in [0.29, 0.717) is 19.4 Å². The molecule has 1 unspecified atom stereocenters. The summed E-state index contributed by atoms with van der Waals surface area (Å²) < 4.78 is 5.26. The van der Waals surface area contributed by atoms with Gasteiger partial charge in [0, 0.05) is 25.1 Å². The van der Waals surface area contributed by atoms with E-state index in [0.717, 1.165) is 29.9 Å². The molecule has 2 aromatic rings. The normalized spacial score (nSPS) is 15.5. The van der Waals surface area contributed by atoms with Gasteiger partial charge >= 0.3 is 0 Å². The Hall–Kier alpha value is -2.56. The number of nitrogens with zero attached hydrogens (tertiary/aromatic N) is 1. The zero-order chi connectivity index (χ0) is 16.9. The van der Waals surface area contributed by atoms with Crippen LogP contribution in [0.25, 0.3) is 0 Å². The Labute approximate surface area is 141 Å². The minimum absolute atomic E-state index is 0.00799. The highest BCUT2D eigenvalue weighted by molar-refractivity contribution is 6.01. The lowest BCUT2D eigenvalue weighted by atomic mass is 10.1. The van der Waals surface area contributed by atoms with Gasteiger partial charge in [-0.1, -0.05) is 18.2 Å². The first kappa shape index (κ1) is 16.3. The molecule has 1 aliphatic rings. The maximum atomic E-state index is 12.5. The van der Waals surface area contributed by atoms with E-state index in [1.807, 2.05) is 36.4 Å². The molecule has 0 spiro atoms. The van der Waals surface area contributed by atoms with Gasteiger partial charge in [0.1, 0.15) is 11.8 Å². The Morgan fingerprint density at radius 1 is 1.25 bits per heavy atom. The van der Waals surface area contributed by atoms with Crippen LogP contribution >= 0.6 is 0 Å². The van der Waals surface area contributed by atoms with Crippen molar-refractivity contribution in [1.29, 1.82) is 0 Å². The minimum atomic E-state index is -0.534. The van der Waals surface area contributed by atoms with E-state index in [4.69, 9.17) is 4.42 Å². The summed E-state index contributed by atoms with van der Waals surface area (Å²) in [6.45, 7) is 2.27. The Bertz CT molecular complexity index is 709. The predicted molar refractivity (Wildman–Crippen MR) is 91.7 cm³/mol. The summed E-state index contributed by atoms with van der Waals surface area (Å²) in [6, 6.07) is 11.0. The first-order valence-electron chi connectivity index (χ1n) is 8.37. The van der Waals surface area contributed by atoms with Crippen molar-refractivity contribution in [2.24, 2.45) is 0 Å². The van der Waals surface area contributed by atoms with Gasteiger partial charge in [0.2, 0.25) is 11.8 Å². The zero-order valence-corrected chi connectivity index (χ0v) is 13.8. The van der Waals surface area contributed by atoms with E-state index in [1.165, 1.54) is 0 Å². The second kappa shape index (κ2) is 7.34. The molecule has 0 bridgehead atoms. The maximum Gasteiger partial charge on any atom is 0.242 e. The lowest BCUT2D eigenvalue weighted by Crippen LogP contribution is -2.48. The number of aryl methyl sites for hydroxylation is 1. The van der Waals surface area contributed by atoms with Gasteiger partial charge in [-0.05, 0) is 43.5 Å². The van der Waals surface area contributed by atoms with Crippen LogP contribution in [0.4, 0.5) is 5.69 Å².